The van der Waals surface area contributed by atoms with Gasteiger partial charge in [-0.25, -0.2) is 13.1 Å². The molecule has 0 unspecified atom stereocenters. The van der Waals surface area contributed by atoms with Crippen LogP contribution in [0.15, 0.2) is 41.3 Å². The Bertz CT molecular complexity index is 1750. The molecule has 218 valence electrons. The number of rotatable bonds is 7. The Hall–Kier alpha value is -3.57. The molecule has 0 spiro atoms. The maximum Gasteiger partial charge on any atom is 0.310 e. The van der Waals surface area contributed by atoms with Crippen molar-refractivity contribution in [1.29, 1.82) is 0 Å². The minimum Gasteiger partial charge on any atom is -0.481 e. The van der Waals surface area contributed by atoms with Crippen LogP contribution in [0.1, 0.15) is 67.3 Å². The molecular weight excluding hydrogens is 540 g/mol. The van der Waals surface area contributed by atoms with Crippen LogP contribution in [0.3, 0.4) is 0 Å². The van der Waals surface area contributed by atoms with Gasteiger partial charge in [-0.1, -0.05) is 30.3 Å². The van der Waals surface area contributed by atoms with Crippen LogP contribution < -0.4 is 0 Å². The van der Waals surface area contributed by atoms with Gasteiger partial charge < -0.3 is 5.11 Å². The largest absolute Gasteiger partial charge is 0.481 e. The van der Waals surface area contributed by atoms with Gasteiger partial charge in [0.15, 0.2) is 0 Å². The molecule has 11 heteroatoms. The number of aromatic nitrogens is 5. The molecule has 0 fully saturated rings. The SMILES string of the molecule is CCn1nnc2c(C)c([C@@H](c3cc(CN4C[C@@H](C)Cc5ccc(C)cc5S4(=O)=O)n(C)n3)C(C)(C)C(=O)O)ccc21. The average Bonchev–Trinajstić information content (AvgIpc) is 3.46. The highest BCUT2D eigenvalue weighted by atomic mass is 32.2. The predicted octanol–water partition coefficient (Wildman–Crippen LogP) is 4.43. The summed E-state index contributed by atoms with van der Waals surface area (Å²) in [5, 5.41) is 23.7. The summed E-state index contributed by atoms with van der Waals surface area (Å²) < 4.78 is 32.7. The third kappa shape index (κ3) is 4.95. The molecular formula is C30H38N6O4S. The molecule has 1 aliphatic heterocycles. The summed E-state index contributed by atoms with van der Waals surface area (Å²) in [6.45, 7) is 12.5. The molecule has 2 aromatic heterocycles. The fraction of sp³-hybridized carbons (Fsp3) is 0.467. The van der Waals surface area contributed by atoms with Gasteiger partial charge in [-0.2, -0.15) is 9.40 Å². The normalized spacial score (nSPS) is 18.3. The number of hydrogen-bond donors (Lipinski definition) is 1. The summed E-state index contributed by atoms with van der Waals surface area (Å²) in [7, 11) is -1.97. The lowest BCUT2D eigenvalue weighted by Crippen LogP contribution is -2.33. The fourth-order valence-corrected chi connectivity index (χ4v) is 7.86. The van der Waals surface area contributed by atoms with Crippen LogP contribution in [0.25, 0.3) is 11.0 Å². The van der Waals surface area contributed by atoms with Crippen LogP contribution in [0.4, 0.5) is 0 Å². The van der Waals surface area contributed by atoms with E-state index in [9.17, 15) is 18.3 Å². The summed E-state index contributed by atoms with van der Waals surface area (Å²) in [4.78, 5) is 13.0. The highest BCUT2D eigenvalue weighted by Crippen LogP contribution is 2.43. The number of aliphatic carboxylic acids is 1. The third-order valence-electron chi connectivity index (χ3n) is 8.42. The number of fused-ring (bicyclic) bond motifs is 2. The molecule has 5 rings (SSSR count). The highest BCUT2D eigenvalue weighted by molar-refractivity contribution is 7.89. The standard InChI is InChI=1S/C30H38N6O4S/c1-8-36-25-12-11-23(20(4)28(25)31-33-36)27(30(5,6)29(37)38)24-15-22(34(7)32-24)17-35-16-19(3)13-21-10-9-18(2)14-26(21)41(35,39)40/h9-12,14-15,19,27H,8,13,16-17H2,1-7H3,(H,37,38)/t19-,27-/m0/s1. The molecule has 1 N–H and O–H groups in total. The second-order valence-corrected chi connectivity index (χ2v) is 13.8. The number of carbonyl (C=O) groups is 1. The minimum absolute atomic E-state index is 0.131. The summed E-state index contributed by atoms with van der Waals surface area (Å²) in [5.41, 5.74) is 5.04. The van der Waals surface area contributed by atoms with Crippen molar-refractivity contribution in [2.24, 2.45) is 18.4 Å². The minimum atomic E-state index is -3.75. The van der Waals surface area contributed by atoms with Crippen molar-refractivity contribution in [3.63, 3.8) is 0 Å². The van der Waals surface area contributed by atoms with E-state index in [0.717, 1.165) is 33.3 Å². The first kappa shape index (κ1) is 28.9. The van der Waals surface area contributed by atoms with E-state index in [2.05, 4.69) is 17.2 Å². The molecule has 0 amide bonds. The van der Waals surface area contributed by atoms with Crippen molar-refractivity contribution in [1.82, 2.24) is 29.1 Å². The second kappa shape index (κ2) is 10.4. The van der Waals surface area contributed by atoms with E-state index >= 15 is 0 Å². The third-order valence-corrected chi connectivity index (χ3v) is 10.3. The van der Waals surface area contributed by atoms with Gasteiger partial charge in [0, 0.05) is 26.1 Å². The van der Waals surface area contributed by atoms with Crippen LogP contribution in [0.2, 0.25) is 0 Å². The smallest absolute Gasteiger partial charge is 0.310 e. The van der Waals surface area contributed by atoms with E-state index in [0.29, 0.717) is 35.8 Å². The summed E-state index contributed by atoms with van der Waals surface area (Å²) >= 11 is 0. The lowest BCUT2D eigenvalue weighted by atomic mass is 9.72. The molecule has 2 aromatic carbocycles. The van der Waals surface area contributed by atoms with Crippen molar-refractivity contribution in [2.75, 3.05) is 6.54 Å². The number of aryl methyl sites for hydroxylation is 4. The number of carboxylic acid groups (broad SMARTS) is 1. The quantitative estimate of drug-likeness (QED) is 0.344. The van der Waals surface area contributed by atoms with Crippen LogP contribution >= 0.6 is 0 Å². The Kier molecular flexibility index (Phi) is 7.31. The van der Waals surface area contributed by atoms with Crippen molar-refractivity contribution in [3.05, 3.63) is 70.0 Å². The van der Waals surface area contributed by atoms with Gasteiger partial charge in [0.25, 0.3) is 0 Å². The van der Waals surface area contributed by atoms with E-state index in [4.69, 9.17) is 5.10 Å². The monoisotopic (exact) mass is 578 g/mol. The molecule has 2 atom stereocenters. The first-order valence-electron chi connectivity index (χ1n) is 13.9. The molecule has 0 aliphatic carbocycles. The molecule has 0 saturated heterocycles. The van der Waals surface area contributed by atoms with Crippen molar-refractivity contribution < 1.29 is 18.3 Å². The maximum atomic E-state index is 13.8. The number of nitrogens with zero attached hydrogens (tertiary/aromatic N) is 6. The highest BCUT2D eigenvalue weighted by Gasteiger charge is 2.42. The van der Waals surface area contributed by atoms with Gasteiger partial charge in [0.05, 0.1) is 33.8 Å². The van der Waals surface area contributed by atoms with Crippen LogP contribution in [0.5, 0.6) is 0 Å². The van der Waals surface area contributed by atoms with Crippen molar-refractivity contribution in [2.45, 2.75) is 71.9 Å². The summed E-state index contributed by atoms with van der Waals surface area (Å²) in [5.74, 6) is -1.44. The molecule has 3 heterocycles. The van der Waals surface area contributed by atoms with Gasteiger partial charge in [0.2, 0.25) is 10.0 Å². The van der Waals surface area contributed by atoms with Crippen LogP contribution in [-0.2, 0) is 41.4 Å². The van der Waals surface area contributed by atoms with E-state index in [1.807, 2.05) is 55.8 Å². The van der Waals surface area contributed by atoms with Gasteiger partial charge in [-0.05, 0) is 87.4 Å². The van der Waals surface area contributed by atoms with Gasteiger partial charge in [-0.15, -0.1) is 5.10 Å². The molecule has 1 aliphatic rings. The molecule has 10 nitrogen and oxygen atoms in total. The number of hydrogen-bond acceptors (Lipinski definition) is 6. The molecule has 41 heavy (non-hydrogen) atoms. The Balaban J connectivity index is 1.59. The van der Waals surface area contributed by atoms with Crippen LogP contribution in [-0.4, -0.2) is 55.1 Å². The maximum absolute atomic E-state index is 13.8. The molecule has 0 saturated carbocycles. The number of sulfonamides is 1. The first-order chi connectivity index (χ1) is 19.2. The average molecular weight is 579 g/mol. The van der Waals surface area contributed by atoms with Crippen molar-refractivity contribution in [3.8, 4) is 0 Å². The summed E-state index contributed by atoms with van der Waals surface area (Å²) in [6, 6.07) is 11.4. The zero-order chi connectivity index (χ0) is 29.9. The topological polar surface area (TPSA) is 123 Å². The second-order valence-electron chi connectivity index (χ2n) is 11.9. The summed E-state index contributed by atoms with van der Waals surface area (Å²) in [6.07, 6.45) is 0.682. The number of carboxylic acids is 1. The Morgan fingerprint density at radius 1 is 1.17 bits per heavy atom. The van der Waals surface area contributed by atoms with Crippen molar-refractivity contribution >= 4 is 27.0 Å². The van der Waals surface area contributed by atoms with E-state index in [1.165, 1.54) is 4.31 Å². The molecule has 4 aromatic rings. The Morgan fingerprint density at radius 3 is 2.59 bits per heavy atom. The van der Waals surface area contributed by atoms with E-state index < -0.39 is 27.3 Å². The Labute approximate surface area is 241 Å². The predicted molar refractivity (Wildman–Crippen MR) is 156 cm³/mol. The van der Waals surface area contributed by atoms with Crippen LogP contribution in [0, 0.1) is 25.2 Å². The van der Waals surface area contributed by atoms with E-state index in [-0.39, 0.29) is 12.5 Å². The Morgan fingerprint density at radius 2 is 1.90 bits per heavy atom. The van der Waals surface area contributed by atoms with Gasteiger partial charge in [-0.3, -0.25) is 9.48 Å². The van der Waals surface area contributed by atoms with E-state index in [1.54, 1.807) is 31.6 Å². The fourth-order valence-electron chi connectivity index (χ4n) is 6.02. The lowest BCUT2D eigenvalue weighted by Gasteiger charge is -2.30. The number of benzene rings is 2. The van der Waals surface area contributed by atoms with Gasteiger partial charge >= 0.3 is 5.97 Å². The zero-order valence-corrected chi connectivity index (χ0v) is 25.5. The molecule has 0 radical (unpaired) electrons. The zero-order valence-electron chi connectivity index (χ0n) is 24.7. The molecule has 0 bridgehead atoms. The first-order valence-corrected chi connectivity index (χ1v) is 15.4. The lowest BCUT2D eigenvalue weighted by molar-refractivity contribution is -0.147. The van der Waals surface area contributed by atoms with Gasteiger partial charge in [0.1, 0.15) is 5.52 Å².